The average Bonchev–Trinajstić information content (AvgIpc) is 2.27. The lowest BCUT2D eigenvalue weighted by molar-refractivity contribution is -0.143. The minimum atomic E-state index is -0.531. The highest BCUT2D eigenvalue weighted by Gasteiger charge is 2.40. The van der Waals surface area contributed by atoms with Crippen molar-refractivity contribution in [2.45, 2.75) is 38.7 Å². The summed E-state index contributed by atoms with van der Waals surface area (Å²) in [5.41, 5.74) is -0.531. The molecule has 0 bridgehead atoms. The zero-order chi connectivity index (χ0) is 12.5. The standard InChI is InChI=1S/C13H24N2O2/c1-3-13(17)9-14(10-13)8-12(16)15-6-4-11(2)5-7-15/h11,17H,3-10H2,1-2H3. The first-order chi connectivity index (χ1) is 8.02. The molecule has 4 heteroatoms. The average molecular weight is 240 g/mol. The lowest BCUT2D eigenvalue weighted by atomic mass is 9.91. The van der Waals surface area contributed by atoms with Gasteiger partial charge in [-0.1, -0.05) is 13.8 Å². The van der Waals surface area contributed by atoms with Gasteiger partial charge >= 0.3 is 0 Å². The lowest BCUT2D eigenvalue weighted by Crippen LogP contribution is -2.63. The SMILES string of the molecule is CCC1(O)CN(CC(=O)N2CCC(C)CC2)C1. The van der Waals surface area contributed by atoms with E-state index < -0.39 is 5.60 Å². The second kappa shape index (κ2) is 4.94. The van der Waals surface area contributed by atoms with Gasteiger partial charge in [0.25, 0.3) is 0 Å². The molecule has 2 heterocycles. The largest absolute Gasteiger partial charge is 0.387 e. The van der Waals surface area contributed by atoms with E-state index >= 15 is 0 Å². The van der Waals surface area contributed by atoms with Crippen molar-refractivity contribution in [3.63, 3.8) is 0 Å². The van der Waals surface area contributed by atoms with Crippen LogP contribution in [-0.4, -0.2) is 59.1 Å². The third kappa shape index (κ3) is 2.99. The predicted octanol–water partition coefficient (Wildman–Crippen LogP) is 0.702. The number of β-amino-alcohol motifs (C(OH)–C–C–N with tert-alkyl or cyclic N) is 1. The molecule has 2 aliphatic heterocycles. The molecule has 0 unspecified atom stereocenters. The molecule has 1 amide bonds. The fourth-order valence-electron chi connectivity index (χ4n) is 2.67. The first kappa shape index (κ1) is 12.8. The molecule has 0 saturated carbocycles. The molecule has 0 aliphatic carbocycles. The van der Waals surface area contributed by atoms with Gasteiger partial charge in [-0.2, -0.15) is 0 Å². The first-order valence-corrected chi connectivity index (χ1v) is 6.75. The van der Waals surface area contributed by atoms with E-state index in [1.54, 1.807) is 0 Å². The van der Waals surface area contributed by atoms with Gasteiger partial charge in [0.05, 0.1) is 12.1 Å². The summed E-state index contributed by atoms with van der Waals surface area (Å²) in [6.07, 6.45) is 3.04. The smallest absolute Gasteiger partial charge is 0.236 e. The number of hydrogen-bond acceptors (Lipinski definition) is 3. The predicted molar refractivity (Wildman–Crippen MR) is 66.7 cm³/mol. The lowest BCUT2D eigenvalue weighted by Gasteiger charge is -2.46. The molecule has 0 atom stereocenters. The zero-order valence-corrected chi connectivity index (χ0v) is 11.0. The Morgan fingerprint density at radius 1 is 1.35 bits per heavy atom. The number of carbonyl (C=O) groups excluding carboxylic acids is 1. The maximum Gasteiger partial charge on any atom is 0.236 e. The number of piperidine rings is 1. The molecular weight excluding hydrogens is 216 g/mol. The van der Waals surface area contributed by atoms with E-state index in [0.717, 1.165) is 38.3 Å². The minimum Gasteiger partial charge on any atom is -0.387 e. The number of amides is 1. The summed E-state index contributed by atoms with van der Waals surface area (Å²) in [6, 6.07) is 0. The Labute approximate surface area is 104 Å². The second-order valence-electron chi connectivity index (χ2n) is 5.79. The van der Waals surface area contributed by atoms with Gasteiger partial charge in [-0.25, -0.2) is 0 Å². The molecule has 2 aliphatic rings. The molecule has 0 aromatic rings. The molecule has 2 rings (SSSR count). The van der Waals surface area contributed by atoms with Crippen molar-refractivity contribution in [1.82, 2.24) is 9.80 Å². The summed E-state index contributed by atoms with van der Waals surface area (Å²) in [5.74, 6) is 0.989. The van der Waals surface area contributed by atoms with Crippen molar-refractivity contribution >= 4 is 5.91 Å². The molecule has 0 aromatic heterocycles. The highest BCUT2D eigenvalue weighted by Crippen LogP contribution is 2.24. The molecule has 0 radical (unpaired) electrons. The molecule has 17 heavy (non-hydrogen) atoms. The molecule has 1 N–H and O–H groups in total. The molecule has 4 nitrogen and oxygen atoms in total. The maximum absolute atomic E-state index is 12.0. The van der Waals surface area contributed by atoms with Gasteiger partial charge in [0.15, 0.2) is 0 Å². The van der Waals surface area contributed by atoms with Crippen LogP contribution in [0.3, 0.4) is 0 Å². The monoisotopic (exact) mass is 240 g/mol. The van der Waals surface area contributed by atoms with E-state index in [1.807, 2.05) is 16.7 Å². The molecule has 0 spiro atoms. The second-order valence-corrected chi connectivity index (χ2v) is 5.79. The quantitative estimate of drug-likeness (QED) is 0.790. The van der Waals surface area contributed by atoms with Crippen LogP contribution in [0.4, 0.5) is 0 Å². The third-order valence-corrected chi connectivity index (χ3v) is 4.19. The Hall–Kier alpha value is -0.610. The first-order valence-electron chi connectivity index (χ1n) is 6.75. The van der Waals surface area contributed by atoms with Gasteiger partial charge in [-0.05, 0) is 25.2 Å². The number of carbonyl (C=O) groups is 1. The van der Waals surface area contributed by atoms with E-state index in [1.165, 1.54) is 0 Å². The Morgan fingerprint density at radius 3 is 2.47 bits per heavy atom. The van der Waals surface area contributed by atoms with E-state index in [9.17, 15) is 9.90 Å². The van der Waals surface area contributed by atoms with Crippen LogP contribution < -0.4 is 0 Å². The summed E-state index contributed by atoms with van der Waals surface area (Å²) in [6.45, 7) is 7.84. The highest BCUT2D eigenvalue weighted by atomic mass is 16.3. The van der Waals surface area contributed by atoms with Crippen LogP contribution in [0.5, 0.6) is 0 Å². The van der Waals surface area contributed by atoms with Gasteiger partial charge in [0.1, 0.15) is 0 Å². The summed E-state index contributed by atoms with van der Waals surface area (Å²) in [5, 5.41) is 9.88. The normalized spacial score (nSPS) is 25.7. The van der Waals surface area contributed by atoms with Crippen LogP contribution in [0.25, 0.3) is 0 Å². The van der Waals surface area contributed by atoms with Crippen molar-refractivity contribution in [1.29, 1.82) is 0 Å². The Morgan fingerprint density at radius 2 is 1.94 bits per heavy atom. The number of nitrogens with zero attached hydrogens (tertiary/aromatic N) is 2. The molecule has 0 aromatic carbocycles. The Bertz CT molecular complexity index is 279. The summed E-state index contributed by atoms with van der Waals surface area (Å²) < 4.78 is 0. The Balaban J connectivity index is 1.72. The summed E-state index contributed by atoms with van der Waals surface area (Å²) >= 11 is 0. The van der Waals surface area contributed by atoms with Crippen LogP contribution in [0.2, 0.25) is 0 Å². The minimum absolute atomic E-state index is 0.232. The fraction of sp³-hybridized carbons (Fsp3) is 0.923. The van der Waals surface area contributed by atoms with Gasteiger partial charge in [0.2, 0.25) is 5.91 Å². The van der Waals surface area contributed by atoms with Crippen molar-refractivity contribution in [3.05, 3.63) is 0 Å². The number of rotatable bonds is 3. The molecular formula is C13H24N2O2. The van der Waals surface area contributed by atoms with E-state index in [0.29, 0.717) is 19.6 Å². The summed E-state index contributed by atoms with van der Waals surface area (Å²) in [7, 11) is 0. The topological polar surface area (TPSA) is 43.8 Å². The Kier molecular flexibility index (Phi) is 3.73. The van der Waals surface area contributed by atoms with Crippen molar-refractivity contribution < 1.29 is 9.90 Å². The van der Waals surface area contributed by atoms with Gasteiger partial charge in [-0.15, -0.1) is 0 Å². The zero-order valence-electron chi connectivity index (χ0n) is 11.0. The highest BCUT2D eigenvalue weighted by molar-refractivity contribution is 5.78. The van der Waals surface area contributed by atoms with Crippen LogP contribution in [0.1, 0.15) is 33.1 Å². The van der Waals surface area contributed by atoms with E-state index in [-0.39, 0.29) is 5.91 Å². The maximum atomic E-state index is 12.0. The van der Waals surface area contributed by atoms with E-state index in [4.69, 9.17) is 0 Å². The van der Waals surface area contributed by atoms with Gasteiger partial charge in [0, 0.05) is 26.2 Å². The fourth-order valence-corrected chi connectivity index (χ4v) is 2.67. The van der Waals surface area contributed by atoms with Crippen LogP contribution >= 0.6 is 0 Å². The van der Waals surface area contributed by atoms with Crippen LogP contribution in [-0.2, 0) is 4.79 Å². The molecule has 2 saturated heterocycles. The van der Waals surface area contributed by atoms with Crippen molar-refractivity contribution in [2.75, 3.05) is 32.7 Å². The number of hydrogen-bond donors (Lipinski definition) is 1. The number of likely N-dealkylation sites (tertiary alicyclic amines) is 2. The molecule has 2 fully saturated rings. The van der Waals surface area contributed by atoms with Gasteiger partial charge in [-0.3, -0.25) is 9.69 Å². The van der Waals surface area contributed by atoms with E-state index in [2.05, 4.69) is 6.92 Å². The van der Waals surface area contributed by atoms with Crippen molar-refractivity contribution in [2.24, 2.45) is 5.92 Å². The van der Waals surface area contributed by atoms with Gasteiger partial charge < -0.3 is 10.0 Å². The molecule has 98 valence electrons. The summed E-state index contributed by atoms with van der Waals surface area (Å²) in [4.78, 5) is 16.0. The third-order valence-electron chi connectivity index (χ3n) is 4.19. The van der Waals surface area contributed by atoms with Crippen molar-refractivity contribution in [3.8, 4) is 0 Å². The van der Waals surface area contributed by atoms with Crippen LogP contribution in [0, 0.1) is 5.92 Å². The van der Waals surface area contributed by atoms with Crippen LogP contribution in [0.15, 0.2) is 0 Å². The number of aliphatic hydroxyl groups is 1.